The van der Waals surface area contributed by atoms with Crippen LogP contribution in [-0.2, 0) is 0 Å². The molecule has 82 valence electrons. The van der Waals surface area contributed by atoms with Crippen molar-refractivity contribution in [1.29, 1.82) is 0 Å². The fourth-order valence-electron chi connectivity index (χ4n) is 3.36. The average Bonchev–Trinajstić information content (AvgIpc) is 2.62. The van der Waals surface area contributed by atoms with Crippen LogP contribution in [0.15, 0.2) is 0 Å². The highest BCUT2D eigenvalue weighted by atomic mass is 16.3. The van der Waals surface area contributed by atoms with Crippen LogP contribution in [0.4, 0.5) is 0 Å². The molecule has 1 unspecified atom stereocenters. The predicted octanol–water partition coefficient (Wildman–Crippen LogP) is 0.572. The Balaban J connectivity index is 2.23. The second kappa shape index (κ2) is 3.47. The van der Waals surface area contributed by atoms with Gasteiger partial charge in [-0.1, -0.05) is 12.8 Å². The summed E-state index contributed by atoms with van der Waals surface area (Å²) >= 11 is 0. The third-order valence-electron chi connectivity index (χ3n) is 4.41. The van der Waals surface area contributed by atoms with Gasteiger partial charge in [-0.2, -0.15) is 0 Å². The Morgan fingerprint density at radius 1 is 1.29 bits per heavy atom. The SMILES string of the molecule is CN1CCC(N)(CO)C2(CCCC2)C1. The van der Waals surface area contributed by atoms with Crippen LogP contribution in [0.3, 0.4) is 0 Å². The first-order chi connectivity index (χ1) is 6.62. The van der Waals surface area contributed by atoms with Gasteiger partial charge in [0.15, 0.2) is 0 Å². The molecule has 0 aromatic carbocycles. The van der Waals surface area contributed by atoms with Crippen molar-refractivity contribution in [2.24, 2.45) is 11.1 Å². The topological polar surface area (TPSA) is 49.5 Å². The lowest BCUT2D eigenvalue weighted by atomic mass is 9.65. The monoisotopic (exact) mass is 198 g/mol. The molecule has 0 aromatic heterocycles. The van der Waals surface area contributed by atoms with Gasteiger partial charge in [0.1, 0.15) is 0 Å². The summed E-state index contributed by atoms with van der Waals surface area (Å²) in [6, 6.07) is 0. The Bertz CT molecular complexity index is 213. The second-order valence-corrected chi connectivity index (χ2v) is 5.29. The molecule has 3 N–H and O–H groups in total. The minimum atomic E-state index is -0.310. The zero-order chi connectivity index (χ0) is 10.2. The van der Waals surface area contributed by atoms with Crippen LogP contribution in [-0.4, -0.2) is 42.3 Å². The second-order valence-electron chi connectivity index (χ2n) is 5.29. The van der Waals surface area contributed by atoms with Crippen molar-refractivity contribution >= 4 is 0 Å². The molecule has 3 heteroatoms. The van der Waals surface area contributed by atoms with Gasteiger partial charge in [0.25, 0.3) is 0 Å². The highest BCUT2D eigenvalue weighted by Gasteiger charge is 2.52. The van der Waals surface area contributed by atoms with Crippen LogP contribution < -0.4 is 5.73 Å². The molecule has 1 spiro atoms. The molecule has 1 aliphatic heterocycles. The van der Waals surface area contributed by atoms with Crippen molar-refractivity contribution in [3.63, 3.8) is 0 Å². The lowest BCUT2D eigenvalue weighted by Gasteiger charge is -2.52. The first kappa shape index (κ1) is 10.4. The van der Waals surface area contributed by atoms with Crippen molar-refractivity contribution in [2.45, 2.75) is 37.6 Å². The standard InChI is InChI=1S/C11H22N2O/c1-13-7-6-11(12,9-14)10(8-13)4-2-3-5-10/h14H,2-9,12H2,1H3. The van der Waals surface area contributed by atoms with E-state index in [0.717, 1.165) is 19.5 Å². The molecule has 1 saturated heterocycles. The van der Waals surface area contributed by atoms with Crippen LogP contribution >= 0.6 is 0 Å². The van der Waals surface area contributed by atoms with Crippen LogP contribution in [0.1, 0.15) is 32.1 Å². The summed E-state index contributed by atoms with van der Waals surface area (Å²) in [6.45, 7) is 2.25. The zero-order valence-electron chi connectivity index (χ0n) is 9.13. The molecule has 14 heavy (non-hydrogen) atoms. The van der Waals surface area contributed by atoms with E-state index >= 15 is 0 Å². The molecule has 2 rings (SSSR count). The highest BCUT2D eigenvalue weighted by Crippen LogP contribution is 2.49. The van der Waals surface area contributed by atoms with Crippen molar-refractivity contribution in [2.75, 3.05) is 26.7 Å². The fraction of sp³-hybridized carbons (Fsp3) is 1.00. The molecule has 2 aliphatic rings. The van der Waals surface area contributed by atoms with Crippen molar-refractivity contribution in [3.8, 4) is 0 Å². The van der Waals surface area contributed by atoms with Gasteiger partial charge in [-0.3, -0.25) is 0 Å². The normalized spacial score (nSPS) is 37.9. The average molecular weight is 198 g/mol. The van der Waals surface area contributed by atoms with Crippen molar-refractivity contribution in [1.82, 2.24) is 4.90 Å². The summed E-state index contributed by atoms with van der Waals surface area (Å²) in [4.78, 5) is 2.37. The summed E-state index contributed by atoms with van der Waals surface area (Å²) in [5.74, 6) is 0. The summed E-state index contributed by atoms with van der Waals surface area (Å²) in [5, 5.41) is 9.52. The molecule has 3 nitrogen and oxygen atoms in total. The van der Waals surface area contributed by atoms with Crippen molar-refractivity contribution < 1.29 is 5.11 Å². The molecule has 0 radical (unpaired) electrons. The number of hydrogen-bond donors (Lipinski definition) is 2. The molecule has 1 aliphatic carbocycles. The molecular formula is C11H22N2O. The van der Waals surface area contributed by atoms with Gasteiger partial charge < -0.3 is 15.7 Å². The first-order valence-electron chi connectivity index (χ1n) is 5.70. The van der Waals surface area contributed by atoms with E-state index in [0.29, 0.717) is 0 Å². The van der Waals surface area contributed by atoms with Gasteiger partial charge in [-0.15, -0.1) is 0 Å². The maximum absolute atomic E-state index is 9.52. The van der Waals surface area contributed by atoms with E-state index < -0.39 is 0 Å². The fourth-order valence-corrected chi connectivity index (χ4v) is 3.36. The minimum absolute atomic E-state index is 0.154. The van der Waals surface area contributed by atoms with E-state index in [9.17, 15) is 5.11 Å². The Labute approximate surface area is 86.3 Å². The van der Waals surface area contributed by atoms with Gasteiger partial charge in [-0.25, -0.2) is 0 Å². The smallest absolute Gasteiger partial charge is 0.0617 e. The number of likely N-dealkylation sites (tertiary alicyclic amines) is 1. The molecule has 1 heterocycles. The Morgan fingerprint density at radius 3 is 2.50 bits per heavy atom. The third-order valence-corrected chi connectivity index (χ3v) is 4.41. The lowest BCUT2D eigenvalue weighted by Crippen LogP contribution is -2.65. The predicted molar refractivity (Wildman–Crippen MR) is 57.0 cm³/mol. The van der Waals surface area contributed by atoms with E-state index in [-0.39, 0.29) is 17.6 Å². The minimum Gasteiger partial charge on any atom is -0.394 e. The highest BCUT2D eigenvalue weighted by molar-refractivity contribution is 5.08. The Morgan fingerprint density at radius 2 is 1.93 bits per heavy atom. The summed E-state index contributed by atoms with van der Waals surface area (Å²) in [7, 11) is 2.16. The lowest BCUT2D eigenvalue weighted by molar-refractivity contribution is -0.0136. The number of aliphatic hydroxyl groups excluding tert-OH is 1. The van der Waals surface area contributed by atoms with E-state index in [1.807, 2.05) is 0 Å². The molecule has 1 saturated carbocycles. The zero-order valence-corrected chi connectivity index (χ0v) is 9.13. The molecule has 0 aromatic rings. The summed E-state index contributed by atoms with van der Waals surface area (Å²) in [6.07, 6.45) is 5.92. The van der Waals surface area contributed by atoms with E-state index in [1.165, 1.54) is 25.7 Å². The summed E-state index contributed by atoms with van der Waals surface area (Å²) in [5.41, 5.74) is 6.28. The number of nitrogens with two attached hydrogens (primary N) is 1. The van der Waals surface area contributed by atoms with Gasteiger partial charge in [0.05, 0.1) is 6.61 Å². The van der Waals surface area contributed by atoms with E-state index in [1.54, 1.807) is 0 Å². The Hall–Kier alpha value is -0.120. The van der Waals surface area contributed by atoms with Crippen LogP contribution in [0.5, 0.6) is 0 Å². The number of piperidine rings is 1. The molecule has 2 fully saturated rings. The maximum atomic E-state index is 9.52. The number of rotatable bonds is 1. The van der Waals surface area contributed by atoms with Crippen LogP contribution in [0, 0.1) is 5.41 Å². The molecular weight excluding hydrogens is 176 g/mol. The van der Waals surface area contributed by atoms with Gasteiger partial charge in [0.2, 0.25) is 0 Å². The molecule has 0 bridgehead atoms. The van der Waals surface area contributed by atoms with Crippen LogP contribution in [0.25, 0.3) is 0 Å². The third kappa shape index (κ3) is 1.38. The van der Waals surface area contributed by atoms with Gasteiger partial charge >= 0.3 is 0 Å². The van der Waals surface area contributed by atoms with Crippen molar-refractivity contribution in [3.05, 3.63) is 0 Å². The number of aliphatic hydroxyl groups is 1. The van der Waals surface area contributed by atoms with Crippen LogP contribution in [0.2, 0.25) is 0 Å². The van der Waals surface area contributed by atoms with Gasteiger partial charge in [0, 0.05) is 17.5 Å². The van der Waals surface area contributed by atoms with E-state index in [2.05, 4.69) is 11.9 Å². The Kier molecular flexibility index (Phi) is 2.58. The molecule has 1 atom stereocenters. The summed E-state index contributed by atoms with van der Waals surface area (Å²) < 4.78 is 0. The first-order valence-corrected chi connectivity index (χ1v) is 5.70. The molecule has 0 amide bonds. The van der Waals surface area contributed by atoms with E-state index in [4.69, 9.17) is 5.73 Å². The van der Waals surface area contributed by atoms with Gasteiger partial charge in [-0.05, 0) is 32.9 Å². The number of nitrogens with zero attached hydrogens (tertiary/aromatic N) is 1. The largest absolute Gasteiger partial charge is 0.394 e. The quantitative estimate of drug-likeness (QED) is 0.647. The maximum Gasteiger partial charge on any atom is 0.0617 e. The number of hydrogen-bond acceptors (Lipinski definition) is 3.